The van der Waals surface area contributed by atoms with Crippen molar-refractivity contribution >= 4 is 11.9 Å². The van der Waals surface area contributed by atoms with Crippen LogP contribution in [0.4, 0.5) is 4.79 Å². The Hall–Kier alpha value is -1.60. The Morgan fingerprint density at radius 3 is 2.60 bits per heavy atom. The zero-order valence-electron chi connectivity index (χ0n) is 15.0. The molecule has 0 unspecified atom stereocenters. The van der Waals surface area contributed by atoms with Crippen LogP contribution < -0.4 is 16.0 Å². The van der Waals surface area contributed by atoms with Crippen LogP contribution in [0.15, 0.2) is 12.2 Å². The van der Waals surface area contributed by atoms with E-state index in [1.807, 2.05) is 6.92 Å². The molecule has 2 aliphatic rings. The van der Waals surface area contributed by atoms with Crippen molar-refractivity contribution in [1.29, 1.82) is 0 Å². The van der Waals surface area contributed by atoms with Crippen molar-refractivity contribution in [3.05, 3.63) is 12.2 Å². The van der Waals surface area contributed by atoms with E-state index in [0.29, 0.717) is 6.54 Å². The number of amides is 3. The van der Waals surface area contributed by atoms with E-state index in [-0.39, 0.29) is 37.1 Å². The van der Waals surface area contributed by atoms with Gasteiger partial charge in [-0.2, -0.15) is 0 Å². The molecule has 3 atom stereocenters. The van der Waals surface area contributed by atoms with Crippen molar-refractivity contribution in [2.75, 3.05) is 13.2 Å². The van der Waals surface area contributed by atoms with Crippen molar-refractivity contribution in [2.24, 2.45) is 0 Å². The average Bonchev–Trinajstić information content (AvgIpc) is 2.62. The van der Waals surface area contributed by atoms with Gasteiger partial charge in [-0.05, 0) is 19.3 Å². The Morgan fingerprint density at radius 1 is 1.16 bits per heavy atom. The molecule has 2 rings (SSSR count). The van der Waals surface area contributed by atoms with E-state index in [1.54, 1.807) is 12.2 Å². The Bertz CT molecular complexity index is 463. The van der Waals surface area contributed by atoms with Crippen LogP contribution >= 0.6 is 0 Å². The molecule has 0 aromatic carbocycles. The molecule has 0 saturated heterocycles. The number of urea groups is 1. The quantitative estimate of drug-likeness (QED) is 0.517. The predicted octanol–water partition coefficient (Wildman–Crippen LogP) is 1.22. The van der Waals surface area contributed by atoms with E-state index in [9.17, 15) is 14.7 Å². The first kappa shape index (κ1) is 19.7. The molecule has 1 heterocycles. The Morgan fingerprint density at radius 2 is 1.92 bits per heavy atom. The molecule has 1 fully saturated rings. The zero-order valence-corrected chi connectivity index (χ0v) is 15.0. The summed E-state index contributed by atoms with van der Waals surface area (Å²) in [5.74, 6) is -0.0228. The molecule has 1 saturated carbocycles. The molecule has 7 heteroatoms. The Kier molecular flexibility index (Phi) is 8.21. The summed E-state index contributed by atoms with van der Waals surface area (Å²) < 4.78 is 5.77. The van der Waals surface area contributed by atoms with Crippen molar-refractivity contribution in [3.63, 3.8) is 0 Å². The zero-order chi connectivity index (χ0) is 18.1. The number of hydrogen-bond donors (Lipinski definition) is 4. The van der Waals surface area contributed by atoms with E-state index in [4.69, 9.17) is 4.74 Å². The van der Waals surface area contributed by atoms with E-state index in [1.165, 1.54) is 19.3 Å². The van der Waals surface area contributed by atoms with Crippen LogP contribution in [0, 0.1) is 0 Å². The summed E-state index contributed by atoms with van der Waals surface area (Å²) in [5, 5.41) is 18.1. The van der Waals surface area contributed by atoms with Crippen LogP contribution in [-0.2, 0) is 9.53 Å². The largest absolute Gasteiger partial charge is 0.394 e. The van der Waals surface area contributed by atoms with Crippen LogP contribution in [0.3, 0.4) is 0 Å². The maximum absolute atomic E-state index is 12.2. The lowest BCUT2D eigenvalue weighted by atomic mass is 9.95. The minimum Gasteiger partial charge on any atom is -0.394 e. The Labute approximate surface area is 149 Å². The van der Waals surface area contributed by atoms with Gasteiger partial charge in [0, 0.05) is 12.6 Å². The fourth-order valence-corrected chi connectivity index (χ4v) is 3.29. The van der Waals surface area contributed by atoms with Crippen LogP contribution in [0.2, 0.25) is 0 Å². The fourth-order valence-electron chi connectivity index (χ4n) is 3.29. The monoisotopic (exact) mass is 353 g/mol. The van der Waals surface area contributed by atoms with Crippen molar-refractivity contribution in [3.8, 4) is 0 Å². The first-order valence-electron chi connectivity index (χ1n) is 9.40. The first-order valence-corrected chi connectivity index (χ1v) is 9.40. The highest BCUT2D eigenvalue weighted by Gasteiger charge is 2.29. The summed E-state index contributed by atoms with van der Waals surface area (Å²) >= 11 is 0. The molecule has 25 heavy (non-hydrogen) atoms. The Balaban J connectivity index is 1.80. The number of rotatable bonds is 7. The lowest BCUT2D eigenvalue weighted by molar-refractivity contribution is -0.126. The number of ether oxygens (including phenoxy) is 1. The summed E-state index contributed by atoms with van der Waals surface area (Å²) in [6.45, 7) is 2.35. The van der Waals surface area contributed by atoms with E-state index >= 15 is 0 Å². The smallest absolute Gasteiger partial charge is 0.315 e. The molecule has 7 nitrogen and oxygen atoms in total. The second kappa shape index (κ2) is 10.4. The lowest BCUT2D eigenvalue weighted by Crippen LogP contribution is -2.51. The van der Waals surface area contributed by atoms with Crippen LogP contribution in [0.25, 0.3) is 0 Å². The van der Waals surface area contributed by atoms with Crippen LogP contribution in [0.1, 0.15) is 51.9 Å². The molecule has 0 aromatic heterocycles. The molecule has 1 aliphatic heterocycles. The molecule has 142 valence electrons. The highest BCUT2D eigenvalue weighted by Crippen LogP contribution is 2.19. The van der Waals surface area contributed by atoms with Gasteiger partial charge >= 0.3 is 6.03 Å². The summed E-state index contributed by atoms with van der Waals surface area (Å²) in [6, 6.07) is -0.411. The third-order valence-corrected chi connectivity index (χ3v) is 4.65. The lowest BCUT2D eigenvalue weighted by Gasteiger charge is -2.32. The SMILES string of the molecule is CCCNC(=O)N[C@H]1C=C[C@H](CC(=O)NC2CCCCC2)O[C@@H]1CO. The van der Waals surface area contributed by atoms with E-state index < -0.39 is 12.1 Å². The molecule has 0 bridgehead atoms. The van der Waals surface area contributed by atoms with Gasteiger partial charge in [0.05, 0.1) is 25.2 Å². The average molecular weight is 353 g/mol. The molecule has 4 N–H and O–H groups in total. The first-order chi connectivity index (χ1) is 12.1. The summed E-state index contributed by atoms with van der Waals surface area (Å²) in [6.07, 6.45) is 9.43. The number of aliphatic hydroxyl groups is 1. The molecular formula is C18H31N3O4. The summed E-state index contributed by atoms with van der Waals surface area (Å²) in [7, 11) is 0. The van der Waals surface area contributed by atoms with Gasteiger partial charge in [-0.15, -0.1) is 0 Å². The number of carbonyl (C=O) groups excluding carboxylic acids is 2. The summed E-state index contributed by atoms with van der Waals surface area (Å²) in [5.41, 5.74) is 0. The second-order valence-electron chi connectivity index (χ2n) is 6.81. The van der Waals surface area contributed by atoms with Crippen molar-refractivity contribution in [2.45, 2.75) is 76.2 Å². The van der Waals surface area contributed by atoms with E-state index in [2.05, 4.69) is 16.0 Å². The van der Waals surface area contributed by atoms with Gasteiger partial charge < -0.3 is 25.8 Å². The minimum absolute atomic E-state index is 0.0228. The molecular weight excluding hydrogens is 322 g/mol. The van der Waals surface area contributed by atoms with Gasteiger partial charge in [0.2, 0.25) is 5.91 Å². The minimum atomic E-state index is -0.551. The van der Waals surface area contributed by atoms with E-state index in [0.717, 1.165) is 19.3 Å². The highest BCUT2D eigenvalue weighted by atomic mass is 16.5. The van der Waals surface area contributed by atoms with Crippen molar-refractivity contribution < 1.29 is 19.4 Å². The van der Waals surface area contributed by atoms with Gasteiger partial charge in [0.25, 0.3) is 0 Å². The fraction of sp³-hybridized carbons (Fsp3) is 0.778. The third kappa shape index (κ3) is 6.66. The topological polar surface area (TPSA) is 99.7 Å². The number of carbonyl (C=O) groups is 2. The molecule has 0 radical (unpaired) electrons. The molecule has 3 amide bonds. The maximum atomic E-state index is 12.2. The predicted molar refractivity (Wildman–Crippen MR) is 95.1 cm³/mol. The van der Waals surface area contributed by atoms with Gasteiger partial charge in [-0.25, -0.2) is 4.79 Å². The maximum Gasteiger partial charge on any atom is 0.315 e. The number of aliphatic hydroxyl groups excluding tert-OH is 1. The normalized spacial score (nSPS) is 26.9. The highest BCUT2D eigenvalue weighted by molar-refractivity contribution is 5.77. The number of nitrogens with one attached hydrogen (secondary N) is 3. The second-order valence-corrected chi connectivity index (χ2v) is 6.81. The van der Waals surface area contributed by atoms with Gasteiger partial charge in [0.15, 0.2) is 0 Å². The van der Waals surface area contributed by atoms with Gasteiger partial charge in [-0.1, -0.05) is 38.3 Å². The summed E-state index contributed by atoms with van der Waals surface area (Å²) in [4.78, 5) is 23.9. The molecule has 1 aliphatic carbocycles. The molecule has 0 aromatic rings. The number of hydrogen-bond acceptors (Lipinski definition) is 4. The van der Waals surface area contributed by atoms with Gasteiger partial charge in [-0.3, -0.25) is 4.79 Å². The third-order valence-electron chi connectivity index (χ3n) is 4.65. The van der Waals surface area contributed by atoms with Crippen molar-refractivity contribution in [1.82, 2.24) is 16.0 Å². The molecule has 0 spiro atoms. The van der Waals surface area contributed by atoms with Crippen LogP contribution in [-0.4, -0.2) is 54.5 Å². The van der Waals surface area contributed by atoms with Crippen LogP contribution in [0.5, 0.6) is 0 Å². The standard InChI is InChI=1S/C18H31N3O4/c1-2-10-19-18(24)21-15-9-8-14(25-16(15)12-22)11-17(23)20-13-6-4-3-5-7-13/h8-9,13-16,22H,2-7,10-12H2,1H3,(H,20,23)(H2,19,21,24)/t14-,15+,16-/m1/s1. The van der Waals surface area contributed by atoms with Gasteiger partial charge in [0.1, 0.15) is 6.10 Å².